The Morgan fingerprint density at radius 3 is 1.75 bits per heavy atom. The standard InChI is InChI=1S/C10H18.C2H6/c1-9-3-7-10(8-4-9)5-2-6-10;1-2/h9H,2-8H2,1H3;1-2H3. The molecular formula is C12H24. The predicted molar refractivity (Wildman–Crippen MR) is 55.3 cm³/mol. The molecule has 2 saturated carbocycles. The Morgan fingerprint density at radius 1 is 0.917 bits per heavy atom. The molecule has 12 heavy (non-hydrogen) atoms. The van der Waals surface area contributed by atoms with Gasteiger partial charge in [-0.1, -0.05) is 40.0 Å². The third kappa shape index (κ3) is 2.02. The fourth-order valence-corrected chi connectivity index (χ4v) is 2.55. The maximum absolute atomic E-state index is 2.41. The van der Waals surface area contributed by atoms with Crippen molar-refractivity contribution in [1.29, 1.82) is 0 Å². The zero-order valence-electron chi connectivity index (χ0n) is 9.03. The maximum Gasteiger partial charge on any atom is -0.0297 e. The van der Waals surface area contributed by atoms with Crippen LogP contribution in [0.2, 0.25) is 0 Å². The zero-order chi connectivity index (χ0) is 9.03. The van der Waals surface area contributed by atoms with Crippen molar-refractivity contribution in [2.45, 2.75) is 65.7 Å². The molecule has 0 amide bonds. The lowest BCUT2D eigenvalue weighted by atomic mass is 9.59. The molecule has 0 heteroatoms. The monoisotopic (exact) mass is 168 g/mol. The lowest BCUT2D eigenvalue weighted by Crippen LogP contribution is -2.33. The van der Waals surface area contributed by atoms with E-state index in [0.717, 1.165) is 11.3 Å². The second-order valence-electron chi connectivity index (χ2n) is 4.54. The topological polar surface area (TPSA) is 0 Å². The van der Waals surface area contributed by atoms with E-state index in [4.69, 9.17) is 0 Å². The van der Waals surface area contributed by atoms with Crippen LogP contribution in [0.1, 0.15) is 65.7 Å². The summed E-state index contributed by atoms with van der Waals surface area (Å²) in [4.78, 5) is 0. The Morgan fingerprint density at radius 2 is 1.42 bits per heavy atom. The van der Waals surface area contributed by atoms with Crippen molar-refractivity contribution in [3.8, 4) is 0 Å². The van der Waals surface area contributed by atoms with Gasteiger partial charge in [0, 0.05) is 0 Å². The van der Waals surface area contributed by atoms with Crippen LogP contribution >= 0.6 is 0 Å². The minimum absolute atomic E-state index is 0.881. The minimum atomic E-state index is 0.881. The van der Waals surface area contributed by atoms with Crippen molar-refractivity contribution < 1.29 is 0 Å². The number of rotatable bonds is 0. The van der Waals surface area contributed by atoms with Gasteiger partial charge in [-0.3, -0.25) is 0 Å². The first-order chi connectivity index (χ1) is 5.81. The molecule has 0 saturated heterocycles. The molecule has 0 atom stereocenters. The van der Waals surface area contributed by atoms with Gasteiger partial charge < -0.3 is 0 Å². The van der Waals surface area contributed by atoms with Gasteiger partial charge in [-0.2, -0.15) is 0 Å². The van der Waals surface area contributed by atoms with Crippen LogP contribution in [0.5, 0.6) is 0 Å². The van der Waals surface area contributed by atoms with Crippen LogP contribution < -0.4 is 0 Å². The van der Waals surface area contributed by atoms with Crippen molar-refractivity contribution in [2.24, 2.45) is 11.3 Å². The largest absolute Gasteiger partial charge is 0.0683 e. The summed E-state index contributed by atoms with van der Waals surface area (Å²) in [6.07, 6.45) is 10.8. The molecule has 0 bridgehead atoms. The molecule has 1 spiro atoms. The Balaban J connectivity index is 0.000000336. The Bertz CT molecular complexity index is 112. The van der Waals surface area contributed by atoms with Gasteiger partial charge in [0.15, 0.2) is 0 Å². The molecular weight excluding hydrogens is 144 g/mol. The molecule has 0 aromatic rings. The van der Waals surface area contributed by atoms with Crippen molar-refractivity contribution in [3.63, 3.8) is 0 Å². The average Bonchev–Trinajstić information content (AvgIpc) is 2.07. The van der Waals surface area contributed by atoms with E-state index in [9.17, 15) is 0 Å². The molecule has 0 aromatic heterocycles. The zero-order valence-corrected chi connectivity index (χ0v) is 9.03. The third-order valence-corrected chi connectivity index (χ3v) is 3.75. The van der Waals surface area contributed by atoms with Gasteiger partial charge in [0.05, 0.1) is 0 Å². The van der Waals surface area contributed by atoms with Gasteiger partial charge in [-0.15, -0.1) is 0 Å². The van der Waals surface area contributed by atoms with Crippen molar-refractivity contribution >= 4 is 0 Å². The van der Waals surface area contributed by atoms with Gasteiger partial charge in [0.1, 0.15) is 0 Å². The summed E-state index contributed by atoms with van der Waals surface area (Å²) >= 11 is 0. The average molecular weight is 168 g/mol. The summed E-state index contributed by atoms with van der Waals surface area (Å²) in [5.74, 6) is 1.03. The maximum atomic E-state index is 2.41. The first-order valence-electron chi connectivity index (χ1n) is 5.81. The summed E-state index contributed by atoms with van der Waals surface area (Å²) in [6.45, 7) is 6.41. The molecule has 0 aliphatic heterocycles. The Kier molecular flexibility index (Phi) is 3.61. The van der Waals surface area contributed by atoms with Crippen LogP contribution in [0.15, 0.2) is 0 Å². The quantitative estimate of drug-likeness (QED) is 0.503. The summed E-state index contributed by atoms with van der Waals surface area (Å²) in [7, 11) is 0. The number of hydrogen-bond acceptors (Lipinski definition) is 0. The van der Waals surface area contributed by atoms with Crippen LogP contribution in [0.4, 0.5) is 0 Å². The van der Waals surface area contributed by atoms with Crippen LogP contribution in [-0.2, 0) is 0 Å². The van der Waals surface area contributed by atoms with Gasteiger partial charge in [0.25, 0.3) is 0 Å². The molecule has 2 aliphatic carbocycles. The molecule has 2 aliphatic rings. The molecule has 0 unspecified atom stereocenters. The second kappa shape index (κ2) is 4.30. The van der Waals surface area contributed by atoms with E-state index < -0.39 is 0 Å². The molecule has 72 valence electrons. The van der Waals surface area contributed by atoms with Crippen LogP contribution in [0, 0.1) is 11.3 Å². The Hall–Kier alpha value is 0. The van der Waals surface area contributed by atoms with E-state index in [2.05, 4.69) is 6.92 Å². The molecule has 0 heterocycles. The normalized spacial score (nSPS) is 27.2. The third-order valence-electron chi connectivity index (χ3n) is 3.75. The summed E-state index contributed by atoms with van der Waals surface area (Å²) in [5, 5.41) is 0. The fraction of sp³-hybridized carbons (Fsp3) is 1.00. The lowest BCUT2D eigenvalue weighted by molar-refractivity contribution is 0.0592. The molecule has 0 nitrogen and oxygen atoms in total. The fourth-order valence-electron chi connectivity index (χ4n) is 2.55. The van der Waals surface area contributed by atoms with Crippen LogP contribution in [0.3, 0.4) is 0 Å². The number of hydrogen-bond donors (Lipinski definition) is 0. The molecule has 0 aromatic carbocycles. The van der Waals surface area contributed by atoms with Gasteiger partial charge >= 0.3 is 0 Å². The summed E-state index contributed by atoms with van der Waals surface area (Å²) in [6, 6.07) is 0. The van der Waals surface area contributed by atoms with Gasteiger partial charge in [-0.25, -0.2) is 0 Å². The minimum Gasteiger partial charge on any atom is -0.0683 e. The summed E-state index contributed by atoms with van der Waals surface area (Å²) < 4.78 is 0. The van der Waals surface area contributed by atoms with E-state index in [-0.39, 0.29) is 0 Å². The highest BCUT2D eigenvalue weighted by Gasteiger charge is 2.38. The molecule has 2 fully saturated rings. The van der Waals surface area contributed by atoms with Crippen molar-refractivity contribution in [1.82, 2.24) is 0 Å². The van der Waals surface area contributed by atoms with Gasteiger partial charge in [-0.05, 0) is 37.0 Å². The first-order valence-corrected chi connectivity index (χ1v) is 5.81. The van der Waals surface area contributed by atoms with E-state index in [1.54, 1.807) is 25.7 Å². The van der Waals surface area contributed by atoms with Crippen LogP contribution in [0.25, 0.3) is 0 Å². The van der Waals surface area contributed by atoms with E-state index in [0.29, 0.717) is 0 Å². The predicted octanol–water partition coefficient (Wildman–Crippen LogP) is 4.39. The highest BCUT2D eigenvalue weighted by molar-refractivity contribution is 4.90. The highest BCUT2D eigenvalue weighted by Crippen LogP contribution is 2.52. The summed E-state index contributed by atoms with van der Waals surface area (Å²) in [5.41, 5.74) is 0.881. The van der Waals surface area contributed by atoms with E-state index in [1.165, 1.54) is 19.3 Å². The second-order valence-corrected chi connectivity index (χ2v) is 4.54. The van der Waals surface area contributed by atoms with Gasteiger partial charge in [0.2, 0.25) is 0 Å². The highest BCUT2D eigenvalue weighted by atomic mass is 14.4. The molecule has 2 rings (SSSR count). The lowest BCUT2D eigenvalue weighted by Gasteiger charge is -2.46. The Labute approximate surface area is 77.7 Å². The van der Waals surface area contributed by atoms with E-state index >= 15 is 0 Å². The smallest absolute Gasteiger partial charge is 0.0297 e. The molecule has 0 radical (unpaired) electrons. The van der Waals surface area contributed by atoms with Crippen molar-refractivity contribution in [3.05, 3.63) is 0 Å². The molecule has 0 N–H and O–H groups in total. The first kappa shape index (κ1) is 10.1. The van der Waals surface area contributed by atoms with E-state index in [1.807, 2.05) is 13.8 Å². The van der Waals surface area contributed by atoms with Crippen LogP contribution in [-0.4, -0.2) is 0 Å². The van der Waals surface area contributed by atoms with Crippen molar-refractivity contribution in [2.75, 3.05) is 0 Å². The SMILES string of the molecule is CC.CC1CCC2(CCC2)CC1.